The number of aryl methyl sites for hydroxylation is 1. The third kappa shape index (κ3) is 5.59. The summed E-state index contributed by atoms with van der Waals surface area (Å²) in [6.07, 6.45) is 5.71. The van der Waals surface area contributed by atoms with E-state index in [1.165, 1.54) is 0 Å². The second-order valence-corrected chi connectivity index (χ2v) is 4.08. The topological polar surface area (TPSA) is 78.4 Å². The molecular weight excluding hydrogens is 244 g/mol. The van der Waals surface area contributed by atoms with Gasteiger partial charge < -0.3 is 15.7 Å². The van der Waals surface area contributed by atoms with Crippen molar-refractivity contribution >= 4 is 17.7 Å². The molecule has 1 rings (SSSR count). The summed E-state index contributed by atoms with van der Waals surface area (Å²) in [5.74, 6) is 1.56. The van der Waals surface area contributed by atoms with Gasteiger partial charge in [-0.2, -0.15) is 0 Å². The standard InChI is InChI=1S/C14H16N2O3/c1-3-10(2)15-14(19)16-12-7-4-11(5-8-12)6-9-13(17)18/h1,4-5,7-8,10H,6,9H2,2H3,(H,17,18)(H2,15,16,19). The molecule has 1 unspecified atom stereocenters. The molecule has 0 aliphatic rings. The Kier molecular flexibility index (Phi) is 5.42. The molecule has 1 atom stereocenters. The van der Waals surface area contributed by atoms with Crippen molar-refractivity contribution in [3.8, 4) is 12.3 Å². The van der Waals surface area contributed by atoms with Crippen molar-refractivity contribution in [1.29, 1.82) is 0 Å². The van der Waals surface area contributed by atoms with Crippen LogP contribution in [0.25, 0.3) is 0 Å². The number of urea groups is 1. The number of carboxylic acids is 1. The maximum Gasteiger partial charge on any atom is 0.320 e. The maximum absolute atomic E-state index is 11.5. The zero-order chi connectivity index (χ0) is 14.3. The Bertz CT molecular complexity index is 488. The second kappa shape index (κ2) is 7.07. The van der Waals surface area contributed by atoms with Crippen LogP contribution in [0.2, 0.25) is 0 Å². The van der Waals surface area contributed by atoms with Gasteiger partial charge in [0, 0.05) is 12.1 Å². The highest BCUT2D eigenvalue weighted by atomic mass is 16.4. The monoisotopic (exact) mass is 260 g/mol. The number of rotatable bonds is 5. The van der Waals surface area contributed by atoms with E-state index in [4.69, 9.17) is 11.5 Å². The Hall–Kier alpha value is -2.48. The van der Waals surface area contributed by atoms with Crippen molar-refractivity contribution in [3.63, 3.8) is 0 Å². The molecule has 0 saturated carbocycles. The van der Waals surface area contributed by atoms with Gasteiger partial charge in [-0.1, -0.05) is 18.1 Å². The maximum atomic E-state index is 11.5. The largest absolute Gasteiger partial charge is 0.481 e. The number of amides is 2. The van der Waals surface area contributed by atoms with Crippen LogP contribution in [0.4, 0.5) is 10.5 Å². The average molecular weight is 260 g/mol. The predicted octanol–water partition coefficient (Wildman–Crippen LogP) is 1.85. The number of carbonyl (C=O) groups excluding carboxylic acids is 1. The number of hydrogen-bond acceptors (Lipinski definition) is 2. The first-order valence-electron chi connectivity index (χ1n) is 5.85. The minimum Gasteiger partial charge on any atom is -0.481 e. The fraction of sp³-hybridized carbons (Fsp3) is 0.286. The summed E-state index contributed by atoms with van der Waals surface area (Å²) in [5, 5.41) is 13.8. The van der Waals surface area contributed by atoms with E-state index in [1.54, 1.807) is 31.2 Å². The molecule has 0 heterocycles. The van der Waals surface area contributed by atoms with E-state index in [0.717, 1.165) is 5.56 Å². The molecule has 3 N–H and O–H groups in total. The van der Waals surface area contributed by atoms with E-state index in [0.29, 0.717) is 12.1 Å². The number of carboxylic acid groups (broad SMARTS) is 1. The third-order valence-corrected chi connectivity index (χ3v) is 2.44. The van der Waals surface area contributed by atoms with Crippen LogP contribution in [-0.2, 0) is 11.2 Å². The van der Waals surface area contributed by atoms with E-state index >= 15 is 0 Å². The Balaban J connectivity index is 2.50. The van der Waals surface area contributed by atoms with Gasteiger partial charge in [0.15, 0.2) is 0 Å². The molecule has 0 fully saturated rings. The lowest BCUT2D eigenvalue weighted by Crippen LogP contribution is -2.35. The molecule has 0 aliphatic heterocycles. The Morgan fingerprint density at radius 2 is 2.00 bits per heavy atom. The minimum absolute atomic E-state index is 0.0902. The molecule has 0 saturated heterocycles. The molecular formula is C14H16N2O3. The lowest BCUT2D eigenvalue weighted by molar-refractivity contribution is -0.136. The Morgan fingerprint density at radius 3 is 2.53 bits per heavy atom. The molecule has 5 nitrogen and oxygen atoms in total. The SMILES string of the molecule is C#CC(C)NC(=O)Nc1ccc(CCC(=O)O)cc1. The van der Waals surface area contributed by atoms with E-state index in [-0.39, 0.29) is 18.5 Å². The van der Waals surface area contributed by atoms with Crippen LogP contribution in [0, 0.1) is 12.3 Å². The fourth-order valence-electron chi connectivity index (χ4n) is 1.41. The van der Waals surface area contributed by atoms with Crippen LogP contribution in [0.5, 0.6) is 0 Å². The smallest absolute Gasteiger partial charge is 0.320 e. The molecule has 1 aromatic rings. The van der Waals surface area contributed by atoms with Crippen LogP contribution in [-0.4, -0.2) is 23.1 Å². The van der Waals surface area contributed by atoms with Crippen LogP contribution >= 0.6 is 0 Å². The molecule has 1 aromatic carbocycles. The van der Waals surface area contributed by atoms with Crippen LogP contribution < -0.4 is 10.6 Å². The van der Waals surface area contributed by atoms with Gasteiger partial charge in [0.25, 0.3) is 0 Å². The van der Waals surface area contributed by atoms with Crippen LogP contribution in [0.1, 0.15) is 18.9 Å². The van der Waals surface area contributed by atoms with Gasteiger partial charge in [-0.15, -0.1) is 6.42 Å². The Morgan fingerprint density at radius 1 is 1.37 bits per heavy atom. The first-order valence-corrected chi connectivity index (χ1v) is 5.85. The summed E-state index contributed by atoms with van der Waals surface area (Å²) < 4.78 is 0. The predicted molar refractivity (Wildman–Crippen MR) is 72.8 cm³/mol. The second-order valence-electron chi connectivity index (χ2n) is 4.08. The fourth-order valence-corrected chi connectivity index (χ4v) is 1.41. The van der Waals surface area contributed by atoms with Crippen molar-refractivity contribution in [1.82, 2.24) is 5.32 Å². The van der Waals surface area contributed by atoms with E-state index in [9.17, 15) is 9.59 Å². The third-order valence-electron chi connectivity index (χ3n) is 2.44. The molecule has 0 spiro atoms. The van der Waals surface area contributed by atoms with Crippen molar-refractivity contribution in [2.75, 3.05) is 5.32 Å². The van der Waals surface area contributed by atoms with Crippen LogP contribution in [0.15, 0.2) is 24.3 Å². The Labute approximate surface area is 112 Å². The van der Waals surface area contributed by atoms with Crippen LogP contribution in [0.3, 0.4) is 0 Å². The molecule has 100 valence electrons. The first-order chi connectivity index (χ1) is 9.01. The van der Waals surface area contributed by atoms with Crippen molar-refractivity contribution in [2.24, 2.45) is 0 Å². The van der Waals surface area contributed by atoms with Gasteiger partial charge in [-0.25, -0.2) is 4.79 Å². The summed E-state index contributed by atoms with van der Waals surface area (Å²) >= 11 is 0. The molecule has 0 aliphatic carbocycles. The number of hydrogen-bond donors (Lipinski definition) is 3. The molecule has 0 aromatic heterocycles. The highest BCUT2D eigenvalue weighted by Gasteiger charge is 2.05. The van der Waals surface area contributed by atoms with E-state index in [2.05, 4.69) is 16.6 Å². The van der Waals surface area contributed by atoms with E-state index < -0.39 is 5.97 Å². The molecule has 2 amide bonds. The van der Waals surface area contributed by atoms with Gasteiger partial charge in [0.1, 0.15) is 0 Å². The number of nitrogens with one attached hydrogen (secondary N) is 2. The normalized spacial score (nSPS) is 11.2. The van der Waals surface area contributed by atoms with Gasteiger partial charge >= 0.3 is 12.0 Å². The number of terminal acetylenes is 1. The molecule has 19 heavy (non-hydrogen) atoms. The summed E-state index contributed by atoms with van der Waals surface area (Å²) in [4.78, 5) is 21.9. The van der Waals surface area contributed by atoms with Gasteiger partial charge in [0.2, 0.25) is 0 Å². The quantitative estimate of drug-likeness (QED) is 0.707. The molecule has 0 radical (unpaired) electrons. The van der Waals surface area contributed by atoms with Gasteiger partial charge in [0.05, 0.1) is 6.04 Å². The van der Waals surface area contributed by atoms with Gasteiger partial charge in [-0.05, 0) is 31.0 Å². The van der Waals surface area contributed by atoms with Crippen molar-refractivity contribution in [3.05, 3.63) is 29.8 Å². The molecule has 0 bridgehead atoms. The number of anilines is 1. The number of benzene rings is 1. The highest BCUT2D eigenvalue weighted by molar-refractivity contribution is 5.89. The zero-order valence-electron chi connectivity index (χ0n) is 10.6. The van der Waals surface area contributed by atoms with Crippen molar-refractivity contribution < 1.29 is 14.7 Å². The first kappa shape index (κ1) is 14.6. The zero-order valence-corrected chi connectivity index (χ0v) is 10.6. The lowest BCUT2D eigenvalue weighted by Gasteiger charge is -2.10. The number of carbonyl (C=O) groups is 2. The minimum atomic E-state index is -0.829. The van der Waals surface area contributed by atoms with E-state index in [1.807, 2.05) is 0 Å². The van der Waals surface area contributed by atoms with Crippen molar-refractivity contribution in [2.45, 2.75) is 25.8 Å². The average Bonchev–Trinajstić information content (AvgIpc) is 2.37. The summed E-state index contributed by atoms with van der Waals surface area (Å²) in [6, 6.07) is 6.29. The molecule has 5 heteroatoms. The summed E-state index contributed by atoms with van der Waals surface area (Å²) in [6.45, 7) is 1.70. The number of aliphatic carboxylic acids is 1. The highest BCUT2D eigenvalue weighted by Crippen LogP contribution is 2.11. The summed E-state index contributed by atoms with van der Waals surface area (Å²) in [7, 11) is 0. The summed E-state index contributed by atoms with van der Waals surface area (Å²) in [5.41, 5.74) is 1.53. The lowest BCUT2D eigenvalue weighted by atomic mass is 10.1. The van der Waals surface area contributed by atoms with Gasteiger partial charge in [-0.3, -0.25) is 4.79 Å².